The lowest BCUT2D eigenvalue weighted by Gasteiger charge is -2.27. The lowest BCUT2D eigenvalue weighted by Crippen LogP contribution is -2.53. The summed E-state index contributed by atoms with van der Waals surface area (Å²) in [4.78, 5) is 110. The molecule has 0 aliphatic carbocycles. The Balaban J connectivity index is 1.07. The fraction of sp³-hybridized carbons (Fsp3) is 0.421. The first-order valence-corrected chi connectivity index (χ1v) is 17.6. The van der Waals surface area contributed by atoms with Crippen molar-refractivity contribution in [2.45, 2.75) is 77.4 Å². The van der Waals surface area contributed by atoms with E-state index in [-0.39, 0.29) is 57.0 Å². The number of carbonyl (C=O) groups excluding carboxylic acids is 8. The normalized spacial score (nSPS) is 16.7. The van der Waals surface area contributed by atoms with E-state index in [0.717, 1.165) is 11.1 Å². The topological polar surface area (TPSA) is 192 Å². The number of imide groups is 1. The second-order valence-corrected chi connectivity index (χ2v) is 13.4. The van der Waals surface area contributed by atoms with E-state index >= 15 is 0 Å². The lowest BCUT2D eigenvalue weighted by molar-refractivity contribution is -0.199. The van der Waals surface area contributed by atoms with Crippen molar-refractivity contribution in [2.24, 2.45) is 5.92 Å². The van der Waals surface area contributed by atoms with Gasteiger partial charge in [0.2, 0.25) is 29.5 Å². The molecule has 0 saturated carbocycles. The van der Waals surface area contributed by atoms with Crippen molar-refractivity contribution >= 4 is 53.0 Å². The molecule has 2 aromatic rings. The van der Waals surface area contributed by atoms with Gasteiger partial charge in [0.1, 0.15) is 12.1 Å². The number of benzene rings is 2. The number of fused-ring (bicyclic) bond motifs is 2. The van der Waals surface area contributed by atoms with Crippen molar-refractivity contribution < 1.29 is 43.2 Å². The largest absolute Gasteiger partial charge is 0.355 e. The van der Waals surface area contributed by atoms with Gasteiger partial charge in [-0.1, -0.05) is 56.0 Å². The molecule has 3 N–H and O–H groups in total. The standard InChI is InChI=1S/C38H42N6O9/c1-24(2)20-28(38(52)53-44-34(48)17-18-35(44)49)41-37(51)30-12-7-19-42(30)36(50)22-40-32(46)21-39-31(45)15-16-33(47)43-23-27-10-4-3-8-25(27)13-14-26-9-5-6-11-29(26)43/h3-6,8-11,24,28,30H,7,12,15-23H2,1-2H3,(H,39,45)(H,40,46)(H,41,51)/t28?,30-/m0/s1. The van der Waals surface area contributed by atoms with E-state index in [1.54, 1.807) is 4.90 Å². The molecule has 3 aliphatic heterocycles. The number of amides is 7. The molecular weight excluding hydrogens is 684 g/mol. The summed E-state index contributed by atoms with van der Waals surface area (Å²) in [6.07, 6.45) is 0.556. The van der Waals surface area contributed by atoms with E-state index in [1.165, 1.54) is 4.90 Å². The highest BCUT2D eigenvalue weighted by atomic mass is 16.7. The second kappa shape index (κ2) is 17.5. The summed E-state index contributed by atoms with van der Waals surface area (Å²) >= 11 is 0. The Morgan fingerprint density at radius 2 is 1.49 bits per heavy atom. The molecule has 0 bridgehead atoms. The molecule has 2 aromatic carbocycles. The van der Waals surface area contributed by atoms with Gasteiger partial charge in [-0.05, 0) is 48.9 Å². The van der Waals surface area contributed by atoms with Crippen LogP contribution in [0.4, 0.5) is 5.69 Å². The zero-order valence-electron chi connectivity index (χ0n) is 29.6. The van der Waals surface area contributed by atoms with Gasteiger partial charge >= 0.3 is 5.97 Å². The third kappa shape index (κ3) is 9.85. The molecule has 15 nitrogen and oxygen atoms in total. The van der Waals surface area contributed by atoms with Gasteiger partial charge < -0.3 is 30.6 Å². The van der Waals surface area contributed by atoms with Crippen molar-refractivity contribution in [1.29, 1.82) is 0 Å². The monoisotopic (exact) mass is 726 g/mol. The van der Waals surface area contributed by atoms with Crippen LogP contribution in [-0.4, -0.2) is 89.0 Å². The van der Waals surface area contributed by atoms with Crippen molar-refractivity contribution in [2.75, 3.05) is 24.5 Å². The third-order valence-corrected chi connectivity index (χ3v) is 8.99. The second-order valence-electron chi connectivity index (χ2n) is 13.4. The molecule has 15 heteroatoms. The minimum absolute atomic E-state index is 0.0646. The Labute approximate surface area is 306 Å². The summed E-state index contributed by atoms with van der Waals surface area (Å²) in [5, 5.41) is 7.95. The van der Waals surface area contributed by atoms with Gasteiger partial charge in [0.15, 0.2) is 0 Å². The van der Waals surface area contributed by atoms with Gasteiger partial charge in [-0.3, -0.25) is 33.6 Å². The molecule has 5 rings (SSSR count). The maximum atomic E-state index is 13.4. The van der Waals surface area contributed by atoms with E-state index in [0.29, 0.717) is 29.2 Å². The highest BCUT2D eigenvalue weighted by Gasteiger charge is 2.39. The Bertz CT molecular complexity index is 1850. The minimum Gasteiger partial charge on any atom is -0.347 e. The SMILES string of the molecule is CC(C)CC(NC(=O)[C@@H]1CCCN1C(=O)CNC(=O)CNC(=O)CCC(=O)N1Cc2ccccc2C#Cc2ccccc21)C(=O)ON1C(=O)CCC1=O. The summed E-state index contributed by atoms with van der Waals surface area (Å²) in [7, 11) is 0. The van der Waals surface area contributed by atoms with Gasteiger partial charge in [0.05, 0.1) is 25.3 Å². The average Bonchev–Trinajstić information content (AvgIpc) is 3.75. The zero-order chi connectivity index (χ0) is 38.1. The maximum absolute atomic E-state index is 13.4. The summed E-state index contributed by atoms with van der Waals surface area (Å²) < 4.78 is 0. The molecule has 0 spiro atoms. The van der Waals surface area contributed by atoms with Crippen LogP contribution in [0.1, 0.15) is 75.5 Å². The molecule has 3 heterocycles. The summed E-state index contributed by atoms with van der Waals surface area (Å²) in [6.45, 7) is 3.30. The number of likely N-dealkylation sites (tertiary alicyclic amines) is 1. The molecule has 0 aromatic heterocycles. The zero-order valence-corrected chi connectivity index (χ0v) is 29.6. The van der Waals surface area contributed by atoms with Crippen molar-refractivity contribution in [1.82, 2.24) is 25.9 Å². The Hall–Kier alpha value is -6.04. The van der Waals surface area contributed by atoms with Crippen molar-refractivity contribution in [3.8, 4) is 11.8 Å². The molecule has 7 amide bonds. The van der Waals surface area contributed by atoms with Crippen LogP contribution in [0.3, 0.4) is 0 Å². The average molecular weight is 727 g/mol. The third-order valence-electron chi connectivity index (χ3n) is 8.99. The molecule has 3 aliphatic rings. The maximum Gasteiger partial charge on any atom is 0.355 e. The van der Waals surface area contributed by atoms with E-state index in [2.05, 4.69) is 27.8 Å². The first kappa shape index (κ1) is 38.2. The smallest absolute Gasteiger partial charge is 0.347 e. The van der Waals surface area contributed by atoms with Gasteiger partial charge in [-0.15, -0.1) is 5.06 Å². The van der Waals surface area contributed by atoms with E-state index in [4.69, 9.17) is 4.84 Å². The molecular formula is C38H42N6O9. The van der Waals surface area contributed by atoms with Crippen LogP contribution in [0, 0.1) is 17.8 Å². The summed E-state index contributed by atoms with van der Waals surface area (Å²) in [5.74, 6) is 1.38. The number of nitrogens with one attached hydrogen (secondary N) is 3. The van der Waals surface area contributed by atoms with Crippen LogP contribution in [-0.2, 0) is 49.7 Å². The molecule has 2 saturated heterocycles. The van der Waals surface area contributed by atoms with Crippen LogP contribution in [0.5, 0.6) is 0 Å². The molecule has 0 radical (unpaired) electrons. The van der Waals surface area contributed by atoms with Gasteiger partial charge in [-0.25, -0.2) is 4.79 Å². The van der Waals surface area contributed by atoms with Crippen LogP contribution in [0.15, 0.2) is 48.5 Å². The first-order valence-electron chi connectivity index (χ1n) is 17.6. The predicted molar refractivity (Wildman–Crippen MR) is 189 cm³/mol. The van der Waals surface area contributed by atoms with Crippen LogP contribution in [0.2, 0.25) is 0 Å². The fourth-order valence-electron chi connectivity index (χ4n) is 6.27. The molecule has 1 unspecified atom stereocenters. The fourth-order valence-corrected chi connectivity index (χ4v) is 6.27. The number of hydroxylamine groups is 2. The molecule has 53 heavy (non-hydrogen) atoms. The molecule has 2 atom stereocenters. The highest BCUT2D eigenvalue weighted by molar-refractivity contribution is 6.02. The Morgan fingerprint density at radius 1 is 0.830 bits per heavy atom. The number of rotatable bonds is 13. The number of anilines is 1. The van der Waals surface area contributed by atoms with Gasteiger partial charge in [0.25, 0.3) is 11.8 Å². The van der Waals surface area contributed by atoms with E-state index in [1.807, 2.05) is 62.4 Å². The van der Waals surface area contributed by atoms with Crippen LogP contribution in [0.25, 0.3) is 0 Å². The van der Waals surface area contributed by atoms with Crippen molar-refractivity contribution in [3.63, 3.8) is 0 Å². The molecule has 2 fully saturated rings. The summed E-state index contributed by atoms with van der Waals surface area (Å²) in [6, 6.07) is 12.8. The lowest BCUT2D eigenvalue weighted by atomic mass is 10.0. The van der Waals surface area contributed by atoms with Crippen LogP contribution < -0.4 is 20.9 Å². The number of nitrogens with zero attached hydrogens (tertiary/aromatic N) is 3. The number of hydrogen-bond acceptors (Lipinski definition) is 9. The first-order chi connectivity index (χ1) is 25.4. The quantitative estimate of drug-likeness (QED) is 0.200. The Kier molecular flexibility index (Phi) is 12.6. The van der Waals surface area contributed by atoms with Crippen LogP contribution >= 0.6 is 0 Å². The number of para-hydroxylation sites is 1. The predicted octanol–water partition coefficient (Wildman–Crippen LogP) is 1.07. The van der Waals surface area contributed by atoms with E-state index in [9.17, 15) is 38.4 Å². The highest BCUT2D eigenvalue weighted by Crippen LogP contribution is 2.26. The Morgan fingerprint density at radius 3 is 2.23 bits per heavy atom. The summed E-state index contributed by atoms with van der Waals surface area (Å²) in [5.41, 5.74) is 3.03. The van der Waals surface area contributed by atoms with Crippen molar-refractivity contribution in [3.05, 3.63) is 65.2 Å². The van der Waals surface area contributed by atoms with Gasteiger partial charge in [-0.2, -0.15) is 0 Å². The minimum atomic E-state index is -1.17. The van der Waals surface area contributed by atoms with Gasteiger partial charge in [0, 0.05) is 43.4 Å². The number of carbonyl (C=O) groups is 8. The molecule has 278 valence electrons. The number of hydrogen-bond donors (Lipinski definition) is 3. The van der Waals surface area contributed by atoms with E-state index < -0.39 is 66.6 Å².